The van der Waals surface area contributed by atoms with Gasteiger partial charge in [-0.25, -0.2) is 0 Å². The van der Waals surface area contributed by atoms with Crippen molar-refractivity contribution in [2.45, 2.75) is 25.7 Å². The zero-order valence-corrected chi connectivity index (χ0v) is 14.2. The highest BCUT2D eigenvalue weighted by atomic mass is 16.4. The third-order valence-electron chi connectivity index (χ3n) is 4.79. The van der Waals surface area contributed by atoms with E-state index in [0.717, 1.165) is 40.7 Å². The summed E-state index contributed by atoms with van der Waals surface area (Å²) in [5, 5.41) is 17.2. The van der Waals surface area contributed by atoms with Gasteiger partial charge in [-0.3, -0.25) is 14.7 Å². The first kappa shape index (κ1) is 16.3. The highest BCUT2D eigenvalue weighted by Crippen LogP contribution is 2.29. The fourth-order valence-electron chi connectivity index (χ4n) is 3.56. The van der Waals surface area contributed by atoms with E-state index in [1.54, 1.807) is 4.90 Å². The Morgan fingerprint density at radius 2 is 2.00 bits per heavy atom. The number of aromatic amines is 1. The molecule has 0 radical (unpaired) electrons. The summed E-state index contributed by atoms with van der Waals surface area (Å²) in [6.45, 7) is 0.647. The molecule has 6 nitrogen and oxygen atoms in total. The number of hydrogen-bond acceptors (Lipinski definition) is 3. The van der Waals surface area contributed by atoms with Crippen molar-refractivity contribution in [2.24, 2.45) is 0 Å². The Kier molecular flexibility index (Phi) is 4.16. The first-order valence-electron chi connectivity index (χ1n) is 8.68. The molecule has 0 fully saturated rings. The fraction of sp³-hybridized carbons (Fsp3) is 0.250. The Balaban J connectivity index is 1.62. The van der Waals surface area contributed by atoms with Crippen LogP contribution in [-0.4, -0.2) is 33.7 Å². The van der Waals surface area contributed by atoms with Gasteiger partial charge in [0.15, 0.2) is 0 Å². The van der Waals surface area contributed by atoms with Gasteiger partial charge in [0, 0.05) is 17.6 Å². The molecule has 132 valence electrons. The number of fused-ring (bicyclic) bond motifs is 2. The summed E-state index contributed by atoms with van der Waals surface area (Å²) in [6, 6.07) is 13.3. The Bertz CT molecular complexity index is 993. The maximum atomic E-state index is 13.0. The second kappa shape index (κ2) is 6.63. The molecule has 6 heteroatoms. The Morgan fingerprint density at radius 3 is 2.85 bits per heavy atom. The molecule has 0 atom stereocenters. The van der Waals surface area contributed by atoms with Crippen molar-refractivity contribution < 1.29 is 14.7 Å². The fourth-order valence-corrected chi connectivity index (χ4v) is 3.56. The van der Waals surface area contributed by atoms with Crippen LogP contribution in [0.15, 0.2) is 42.5 Å². The van der Waals surface area contributed by atoms with E-state index < -0.39 is 5.97 Å². The van der Waals surface area contributed by atoms with Gasteiger partial charge in [-0.2, -0.15) is 5.10 Å². The first-order chi connectivity index (χ1) is 12.6. The van der Waals surface area contributed by atoms with Gasteiger partial charge in [-0.1, -0.05) is 30.3 Å². The van der Waals surface area contributed by atoms with E-state index in [1.807, 2.05) is 42.5 Å². The molecule has 0 aliphatic carbocycles. The molecule has 0 bridgehead atoms. The predicted molar refractivity (Wildman–Crippen MR) is 98.3 cm³/mol. The quantitative estimate of drug-likeness (QED) is 0.758. The summed E-state index contributed by atoms with van der Waals surface area (Å²) >= 11 is 0. The van der Waals surface area contributed by atoms with Crippen LogP contribution >= 0.6 is 0 Å². The van der Waals surface area contributed by atoms with Crippen LogP contribution in [0, 0.1) is 0 Å². The number of nitrogens with zero attached hydrogens (tertiary/aromatic N) is 2. The lowest BCUT2D eigenvalue weighted by atomic mass is 9.98. The number of carbonyl (C=O) groups excluding carboxylic acids is 1. The second-order valence-corrected chi connectivity index (χ2v) is 6.58. The lowest BCUT2D eigenvalue weighted by Crippen LogP contribution is -2.36. The molecule has 0 spiro atoms. The molecule has 0 unspecified atom stereocenters. The summed E-state index contributed by atoms with van der Waals surface area (Å²) in [5.74, 6) is -0.879. The number of benzene rings is 2. The van der Waals surface area contributed by atoms with Crippen LogP contribution in [0.4, 0.5) is 5.69 Å². The molecule has 0 saturated heterocycles. The number of aromatic nitrogens is 2. The van der Waals surface area contributed by atoms with E-state index in [0.29, 0.717) is 12.1 Å². The van der Waals surface area contributed by atoms with Gasteiger partial charge in [0.05, 0.1) is 24.1 Å². The molecule has 1 amide bonds. The van der Waals surface area contributed by atoms with Crippen LogP contribution < -0.4 is 4.90 Å². The maximum absolute atomic E-state index is 13.0. The molecule has 26 heavy (non-hydrogen) atoms. The average molecular weight is 349 g/mol. The maximum Gasteiger partial charge on any atom is 0.307 e. The molecule has 1 aliphatic rings. The second-order valence-electron chi connectivity index (χ2n) is 6.58. The normalized spacial score (nSPS) is 13.6. The number of anilines is 1. The monoisotopic (exact) mass is 349 g/mol. The SMILES string of the molecule is O=C(O)Cc1ccc2c(c1)N(C(=O)Cc1[nH]nc3ccccc13)CCC2. The van der Waals surface area contributed by atoms with E-state index >= 15 is 0 Å². The van der Waals surface area contributed by atoms with Crippen molar-refractivity contribution in [2.75, 3.05) is 11.4 Å². The largest absolute Gasteiger partial charge is 0.481 e. The molecule has 2 heterocycles. The minimum absolute atomic E-state index is 0.00664. The Hall–Kier alpha value is -3.15. The molecular weight excluding hydrogens is 330 g/mol. The van der Waals surface area contributed by atoms with Crippen LogP contribution in [0.3, 0.4) is 0 Å². The van der Waals surface area contributed by atoms with Gasteiger partial charge in [-0.15, -0.1) is 0 Å². The van der Waals surface area contributed by atoms with Crippen molar-refractivity contribution in [3.63, 3.8) is 0 Å². The number of carboxylic acid groups (broad SMARTS) is 1. The lowest BCUT2D eigenvalue weighted by Gasteiger charge is -2.30. The van der Waals surface area contributed by atoms with Gasteiger partial charge in [0.2, 0.25) is 5.91 Å². The number of hydrogen-bond donors (Lipinski definition) is 2. The van der Waals surface area contributed by atoms with Gasteiger partial charge in [0.1, 0.15) is 0 Å². The van der Waals surface area contributed by atoms with E-state index in [4.69, 9.17) is 5.11 Å². The average Bonchev–Trinajstić information content (AvgIpc) is 3.03. The number of aliphatic carboxylic acids is 1. The summed E-state index contributed by atoms with van der Waals surface area (Å²) in [7, 11) is 0. The summed E-state index contributed by atoms with van der Waals surface area (Å²) in [6.07, 6.45) is 2.00. The summed E-state index contributed by atoms with van der Waals surface area (Å²) in [5.41, 5.74) is 4.29. The van der Waals surface area contributed by atoms with Crippen molar-refractivity contribution in [1.82, 2.24) is 10.2 Å². The van der Waals surface area contributed by atoms with E-state index in [2.05, 4.69) is 10.2 Å². The third kappa shape index (κ3) is 3.06. The van der Waals surface area contributed by atoms with Crippen molar-refractivity contribution >= 4 is 28.5 Å². The number of carboxylic acids is 1. The number of amides is 1. The molecule has 4 rings (SSSR count). The van der Waals surface area contributed by atoms with Gasteiger partial charge >= 0.3 is 5.97 Å². The standard InChI is InChI=1S/C20H19N3O3/c24-19(12-17-15-5-1-2-6-16(15)21-22-17)23-9-3-4-14-8-7-13(10-18(14)23)11-20(25)26/h1-2,5-8,10H,3-4,9,11-12H2,(H,21,22)(H,25,26). The zero-order valence-electron chi connectivity index (χ0n) is 14.2. The van der Waals surface area contributed by atoms with Crippen LogP contribution in [0.5, 0.6) is 0 Å². The van der Waals surface area contributed by atoms with Gasteiger partial charge < -0.3 is 10.0 Å². The minimum atomic E-state index is -0.873. The topological polar surface area (TPSA) is 86.3 Å². The van der Waals surface area contributed by atoms with E-state index in [9.17, 15) is 9.59 Å². The number of carbonyl (C=O) groups is 2. The number of nitrogens with one attached hydrogen (secondary N) is 1. The molecule has 3 aromatic rings. The van der Waals surface area contributed by atoms with Crippen LogP contribution in [0.2, 0.25) is 0 Å². The Morgan fingerprint density at radius 1 is 1.15 bits per heavy atom. The molecular formula is C20H19N3O3. The highest BCUT2D eigenvalue weighted by Gasteiger charge is 2.24. The third-order valence-corrected chi connectivity index (χ3v) is 4.79. The molecule has 1 aliphatic heterocycles. The number of para-hydroxylation sites is 1. The number of H-pyrrole nitrogens is 1. The molecule has 2 aromatic carbocycles. The van der Waals surface area contributed by atoms with Crippen LogP contribution in [0.1, 0.15) is 23.2 Å². The van der Waals surface area contributed by atoms with Crippen LogP contribution in [0.25, 0.3) is 10.9 Å². The molecule has 1 aromatic heterocycles. The predicted octanol–water partition coefficient (Wildman–Crippen LogP) is 2.71. The smallest absolute Gasteiger partial charge is 0.307 e. The zero-order chi connectivity index (χ0) is 18.1. The Labute approximate surface area is 150 Å². The van der Waals surface area contributed by atoms with Crippen molar-refractivity contribution in [3.05, 3.63) is 59.3 Å². The van der Waals surface area contributed by atoms with E-state index in [1.165, 1.54) is 0 Å². The van der Waals surface area contributed by atoms with Crippen LogP contribution in [-0.2, 0) is 28.9 Å². The molecule has 2 N–H and O–H groups in total. The van der Waals surface area contributed by atoms with Crippen molar-refractivity contribution in [3.8, 4) is 0 Å². The van der Waals surface area contributed by atoms with E-state index in [-0.39, 0.29) is 18.7 Å². The van der Waals surface area contributed by atoms with Gasteiger partial charge in [-0.05, 0) is 36.1 Å². The first-order valence-corrected chi connectivity index (χ1v) is 8.68. The number of rotatable bonds is 4. The summed E-state index contributed by atoms with van der Waals surface area (Å²) < 4.78 is 0. The number of aryl methyl sites for hydroxylation is 1. The van der Waals surface area contributed by atoms with Gasteiger partial charge in [0.25, 0.3) is 0 Å². The van der Waals surface area contributed by atoms with Crippen molar-refractivity contribution in [1.29, 1.82) is 0 Å². The minimum Gasteiger partial charge on any atom is -0.481 e. The summed E-state index contributed by atoms with van der Waals surface area (Å²) in [4.78, 5) is 25.7. The highest BCUT2D eigenvalue weighted by molar-refractivity contribution is 5.98. The lowest BCUT2D eigenvalue weighted by molar-refractivity contribution is -0.136. The molecule has 0 saturated carbocycles.